The Kier molecular flexibility index (Phi) is 7.86. The minimum atomic E-state index is -4.80. The van der Waals surface area contributed by atoms with Crippen molar-refractivity contribution in [3.8, 4) is 11.3 Å². The fraction of sp³-hybridized carbons (Fsp3) is 0.452. The van der Waals surface area contributed by atoms with Gasteiger partial charge < -0.3 is 25.4 Å². The third-order valence-electron chi connectivity index (χ3n) is 9.55. The molecule has 3 amide bonds. The second-order valence-corrected chi connectivity index (χ2v) is 12.9. The van der Waals surface area contributed by atoms with Gasteiger partial charge in [-0.15, -0.1) is 0 Å². The van der Waals surface area contributed by atoms with Gasteiger partial charge >= 0.3 is 6.18 Å². The Morgan fingerprint density at radius 3 is 2.43 bits per heavy atom. The summed E-state index contributed by atoms with van der Waals surface area (Å²) in [6.45, 7) is 2.96. The highest BCUT2D eigenvalue weighted by Gasteiger charge is 2.57. The SMILES string of the molecule is Cn1c(-c2cn(C3C=C(F)C3)nc2C(F)(F)F)cnc1C(=O)Nc1ccc(C(=O)NC2C3CN(C(=O)C4CCNCC4)CC32)c(Cl)c1. The maximum atomic E-state index is 13.8. The van der Waals surface area contributed by atoms with Crippen LogP contribution in [0.5, 0.6) is 0 Å². The zero-order valence-corrected chi connectivity index (χ0v) is 25.9. The Hall–Kier alpha value is -4.24. The second kappa shape index (κ2) is 11.8. The molecule has 0 bridgehead atoms. The van der Waals surface area contributed by atoms with E-state index in [0.717, 1.165) is 36.8 Å². The number of piperidine rings is 2. The molecule has 4 heterocycles. The van der Waals surface area contributed by atoms with Gasteiger partial charge in [0.1, 0.15) is 5.83 Å². The van der Waals surface area contributed by atoms with E-state index in [-0.39, 0.29) is 75.4 Å². The van der Waals surface area contributed by atoms with E-state index in [4.69, 9.17) is 11.6 Å². The third kappa shape index (κ3) is 5.90. The van der Waals surface area contributed by atoms with Crippen LogP contribution >= 0.6 is 11.6 Å². The number of carbonyl (C=O) groups is 3. The Morgan fingerprint density at radius 2 is 1.79 bits per heavy atom. The van der Waals surface area contributed by atoms with E-state index in [1.807, 2.05) is 4.90 Å². The zero-order chi connectivity index (χ0) is 33.2. The van der Waals surface area contributed by atoms with E-state index in [2.05, 4.69) is 26.0 Å². The fourth-order valence-corrected chi connectivity index (χ4v) is 7.08. The van der Waals surface area contributed by atoms with E-state index in [1.54, 1.807) is 0 Å². The molecule has 3 aromatic rings. The van der Waals surface area contributed by atoms with Crippen LogP contribution in [0, 0.1) is 17.8 Å². The molecule has 16 heteroatoms. The fourth-order valence-electron chi connectivity index (χ4n) is 6.81. The quantitative estimate of drug-likeness (QED) is 0.323. The van der Waals surface area contributed by atoms with E-state index >= 15 is 0 Å². The van der Waals surface area contributed by atoms with Gasteiger partial charge in [-0.2, -0.15) is 18.3 Å². The molecule has 4 aliphatic rings. The highest BCUT2D eigenvalue weighted by molar-refractivity contribution is 6.34. The van der Waals surface area contributed by atoms with Gasteiger partial charge in [-0.1, -0.05) is 11.6 Å². The van der Waals surface area contributed by atoms with E-state index in [9.17, 15) is 31.9 Å². The van der Waals surface area contributed by atoms with Crippen molar-refractivity contribution < 1.29 is 31.9 Å². The van der Waals surface area contributed by atoms with Crippen molar-refractivity contribution in [1.29, 1.82) is 0 Å². The lowest BCUT2D eigenvalue weighted by atomic mass is 9.96. The van der Waals surface area contributed by atoms with Gasteiger partial charge in [0.05, 0.1) is 34.1 Å². The Balaban J connectivity index is 0.981. The van der Waals surface area contributed by atoms with Gasteiger partial charge in [0, 0.05) is 62.2 Å². The summed E-state index contributed by atoms with van der Waals surface area (Å²) in [5, 5.41) is 12.7. The number of benzene rings is 1. The van der Waals surface area contributed by atoms with E-state index < -0.39 is 29.6 Å². The number of nitrogens with zero attached hydrogens (tertiary/aromatic N) is 5. The molecule has 47 heavy (non-hydrogen) atoms. The number of anilines is 1. The molecule has 7 rings (SSSR count). The number of alkyl halides is 3. The van der Waals surface area contributed by atoms with Crippen molar-refractivity contribution in [2.45, 2.75) is 37.5 Å². The highest BCUT2D eigenvalue weighted by Crippen LogP contribution is 2.46. The lowest BCUT2D eigenvalue weighted by Crippen LogP contribution is -2.43. The molecule has 2 aromatic heterocycles. The summed E-state index contributed by atoms with van der Waals surface area (Å²) >= 11 is 6.42. The molecule has 2 saturated heterocycles. The number of fused-ring (bicyclic) bond motifs is 1. The average Bonchev–Trinajstić information content (AvgIpc) is 3.45. The first-order valence-electron chi connectivity index (χ1n) is 15.3. The molecule has 1 aromatic carbocycles. The second-order valence-electron chi connectivity index (χ2n) is 12.5. The first kappa shape index (κ1) is 31.4. The van der Waals surface area contributed by atoms with Gasteiger partial charge in [-0.25, -0.2) is 9.37 Å². The third-order valence-corrected chi connectivity index (χ3v) is 9.86. The van der Waals surface area contributed by atoms with Crippen LogP contribution in [0.15, 0.2) is 42.5 Å². The summed E-state index contributed by atoms with van der Waals surface area (Å²) < 4.78 is 57.0. The number of likely N-dealkylation sites (tertiary alicyclic amines) is 1. The predicted octanol–water partition coefficient (Wildman–Crippen LogP) is 4.19. The van der Waals surface area contributed by atoms with Crippen LogP contribution in [0.25, 0.3) is 11.3 Å². The van der Waals surface area contributed by atoms with Crippen molar-refractivity contribution >= 4 is 35.0 Å². The maximum Gasteiger partial charge on any atom is 0.435 e. The number of halogens is 5. The van der Waals surface area contributed by atoms with Crippen LogP contribution in [-0.2, 0) is 18.0 Å². The molecule has 3 atom stereocenters. The van der Waals surface area contributed by atoms with E-state index in [0.29, 0.717) is 13.1 Å². The molecule has 1 saturated carbocycles. The molecule has 248 valence electrons. The first-order valence-corrected chi connectivity index (χ1v) is 15.7. The Morgan fingerprint density at radius 1 is 1.09 bits per heavy atom. The smallest absolute Gasteiger partial charge is 0.349 e. The number of hydrogen-bond donors (Lipinski definition) is 3. The van der Waals surface area contributed by atoms with E-state index in [1.165, 1.54) is 42.1 Å². The lowest BCUT2D eigenvalue weighted by Gasteiger charge is -2.28. The highest BCUT2D eigenvalue weighted by atomic mass is 35.5. The largest absolute Gasteiger partial charge is 0.435 e. The molecule has 2 aliphatic carbocycles. The molecule has 3 N–H and O–H groups in total. The number of nitrogens with one attached hydrogen (secondary N) is 3. The van der Waals surface area contributed by atoms with Crippen LogP contribution in [-0.4, -0.2) is 74.2 Å². The van der Waals surface area contributed by atoms with Crippen molar-refractivity contribution in [1.82, 2.24) is 34.9 Å². The number of rotatable bonds is 7. The van der Waals surface area contributed by atoms with Crippen LogP contribution in [0.2, 0.25) is 5.02 Å². The first-order chi connectivity index (χ1) is 22.4. The topological polar surface area (TPSA) is 126 Å². The normalized spacial score (nSPS) is 24.0. The van der Waals surface area contributed by atoms with Gasteiger partial charge in [0.25, 0.3) is 11.8 Å². The number of imidazole rings is 1. The number of hydrogen-bond acceptors (Lipinski definition) is 6. The zero-order valence-electron chi connectivity index (χ0n) is 25.2. The van der Waals surface area contributed by atoms with Crippen LogP contribution in [0.1, 0.15) is 52.0 Å². The Bertz CT molecular complexity index is 1780. The average molecular weight is 675 g/mol. The van der Waals surface area contributed by atoms with Crippen LogP contribution < -0.4 is 16.0 Å². The molecular formula is C31H31ClF4N8O3. The monoisotopic (exact) mass is 674 g/mol. The van der Waals surface area contributed by atoms with Crippen molar-refractivity contribution in [3.63, 3.8) is 0 Å². The Labute approximate surface area is 271 Å². The van der Waals surface area contributed by atoms with Gasteiger partial charge in [-0.3, -0.25) is 19.1 Å². The van der Waals surface area contributed by atoms with Crippen LogP contribution in [0.4, 0.5) is 23.2 Å². The molecule has 3 unspecified atom stereocenters. The molecule has 0 radical (unpaired) electrons. The summed E-state index contributed by atoms with van der Waals surface area (Å²) in [6, 6.07) is 3.70. The van der Waals surface area contributed by atoms with Gasteiger partial charge in [-0.05, 0) is 50.2 Å². The summed E-state index contributed by atoms with van der Waals surface area (Å²) in [5.74, 6) is -0.992. The molecular weight excluding hydrogens is 644 g/mol. The standard InChI is InChI=1S/C31H31ClF4N8O3/c1-42-24(22-14-44(18-8-16(33)9-18)41-26(22)31(34,35)36)11-38-27(42)29(46)39-17-2-3-19(23(32)10-17)28(45)40-25-20-12-43(13-21(20)25)30(47)15-4-6-37-7-5-15/h2-3,8,10-11,14-15,18,20-21,25,37H,4-7,9,12-13H2,1H3,(H,39,46)(H,40,45). The summed E-state index contributed by atoms with van der Waals surface area (Å²) in [4.78, 5) is 44.9. The summed E-state index contributed by atoms with van der Waals surface area (Å²) in [5.41, 5.74) is -1.02. The van der Waals surface area contributed by atoms with Crippen molar-refractivity contribution in [3.05, 3.63) is 64.6 Å². The maximum absolute atomic E-state index is 13.8. The summed E-state index contributed by atoms with van der Waals surface area (Å²) in [7, 11) is 1.40. The number of carbonyl (C=O) groups excluding carboxylic acids is 3. The minimum Gasteiger partial charge on any atom is -0.349 e. The van der Waals surface area contributed by atoms with Gasteiger partial charge in [0.2, 0.25) is 5.91 Å². The molecule has 11 nitrogen and oxygen atoms in total. The number of amides is 3. The molecule has 2 aliphatic heterocycles. The van der Waals surface area contributed by atoms with Crippen molar-refractivity contribution in [2.24, 2.45) is 24.8 Å². The van der Waals surface area contributed by atoms with Crippen LogP contribution in [0.3, 0.4) is 0 Å². The molecule has 0 spiro atoms. The molecule has 3 fully saturated rings. The summed E-state index contributed by atoms with van der Waals surface area (Å²) in [6.07, 6.45) is 0.331. The number of aromatic nitrogens is 4. The lowest BCUT2D eigenvalue weighted by molar-refractivity contribution is -0.141. The minimum absolute atomic E-state index is 0.00818. The van der Waals surface area contributed by atoms with Crippen molar-refractivity contribution in [2.75, 3.05) is 31.5 Å². The number of allylic oxidation sites excluding steroid dienone is 2. The van der Waals surface area contributed by atoms with Gasteiger partial charge in [0.15, 0.2) is 11.5 Å². The predicted molar refractivity (Wildman–Crippen MR) is 162 cm³/mol.